The van der Waals surface area contributed by atoms with E-state index in [9.17, 15) is 18.0 Å². The number of sulfonamides is 1. The van der Waals surface area contributed by atoms with Gasteiger partial charge in [-0.05, 0) is 37.0 Å². The Balaban J connectivity index is 1.82. The van der Waals surface area contributed by atoms with E-state index < -0.39 is 10.0 Å². The highest BCUT2D eigenvalue weighted by atomic mass is 35.5. The largest absolute Gasteiger partial charge is 0.342 e. The van der Waals surface area contributed by atoms with Crippen molar-refractivity contribution in [3.63, 3.8) is 0 Å². The van der Waals surface area contributed by atoms with Crippen molar-refractivity contribution in [1.82, 2.24) is 14.1 Å². The fraction of sp³-hybridized carbons (Fsp3) is 0.556. The van der Waals surface area contributed by atoms with Crippen LogP contribution in [0.15, 0.2) is 23.1 Å². The predicted molar refractivity (Wildman–Crippen MR) is 102 cm³/mol. The molecule has 0 aliphatic carbocycles. The van der Waals surface area contributed by atoms with Crippen LogP contribution >= 0.6 is 11.6 Å². The molecule has 0 radical (unpaired) electrons. The summed E-state index contributed by atoms with van der Waals surface area (Å²) >= 11 is 6.20. The fourth-order valence-corrected chi connectivity index (χ4v) is 5.10. The van der Waals surface area contributed by atoms with Gasteiger partial charge in [-0.15, -0.1) is 0 Å². The maximum Gasteiger partial charge on any atom is 0.255 e. The summed E-state index contributed by atoms with van der Waals surface area (Å²) < 4.78 is 27.4. The van der Waals surface area contributed by atoms with E-state index in [1.165, 1.54) is 22.5 Å². The van der Waals surface area contributed by atoms with Gasteiger partial charge in [0.1, 0.15) is 0 Å². The Labute approximate surface area is 164 Å². The van der Waals surface area contributed by atoms with Gasteiger partial charge >= 0.3 is 0 Å². The zero-order valence-electron chi connectivity index (χ0n) is 15.3. The highest BCUT2D eigenvalue weighted by Gasteiger charge is 2.30. The maximum atomic E-state index is 13.0. The van der Waals surface area contributed by atoms with Crippen LogP contribution in [0.4, 0.5) is 0 Å². The molecule has 27 heavy (non-hydrogen) atoms. The lowest BCUT2D eigenvalue weighted by atomic mass is 10.0. The number of carbonyl (C=O) groups is 2. The van der Waals surface area contributed by atoms with Crippen LogP contribution < -0.4 is 0 Å². The first-order valence-corrected chi connectivity index (χ1v) is 10.9. The van der Waals surface area contributed by atoms with Crippen LogP contribution in [0.1, 0.15) is 30.1 Å². The molecule has 0 aromatic heterocycles. The lowest BCUT2D eigenvalue weighted by molar-refractivity contribution is -0.119. The Morgan fingerprint density at radius 1 is 1.11 bits per heavy atom. The molecule has 2 fully saturated rings. The summed E-state index contributed by atoms with van der Waals surface area (Å²) in [6, 6.07) is 4.30. The molecule has 148 valence electrons. The molecule has 0 unspecified atom stereocenters. The van der Waals surface area contributed by atoms with Gasteiger partial charge in [0.15, 0.2) is 0 Å². The highest BCUT2D eigenvalue weighted by Crippen LogP contribution is 2.27. The molecule has 2 amide bonds. The van der Waals surface area contributed by atoms with Crippen LogP contribution in [0, 0.1) is 5.92 Å². The minimum Gasteiger partial charge on any atom is -0.342 e. The fourth-order valence-electron chi connectivity index (χ4n) is 3.40. The molecule has 2 saturated heterocycles. The first-order chi connectivity index (χ1) is 12.8. The smallest absolute Gasteiger partial charge is 0.255 e. The van der Waals surface area contributed by atoms with Crippen molar-refractivity contribution in [3.05, 3.63) is 28.8 Å². The van der Waals surface area contributed by atoms with Gasteiger partial charge < -0.3 is 9.80 Å². The zero-order valence-corrected chi connectivity index (χ0v) is 16.9. The second-order valence-corrected chi connectivity index (χ2v) is 9.51. The van der Waals surface area contributed by atoms with Crippen molar-refractivity contribution in [1.29, 1.82) is 0 Å². The van der Waals surface area contributed by atoms with Gasteiger partial charge in [0.25, 0.3) is 5.91 Å². The van der Waals surface area contributed by atoms with E-state index in [0.717, 1.165) is 19.3 Å². The Kier molecular flexibility index (Phi) is 6.08. The quantitative estimate of drug-likeness (QED) is 0.703. The van der Waals surface area contributed by atoms with Gasteiger partial charge in [-0.1, -0.05) is 18.5 Å². The lowest BCUT2D eigenvalue weighted by Crippen LogP contribution is -2.48. The van der Waals surface area contributed by atoms with Crippen molar-refractivity contribution in [2.24, 2.45) is 5.92 Å². The molecule has 2 heterocycles. The average Bonchev–Trinajstić information content (AvgIpc) is 2.68. The van der Waals surface area contributed by atoms with E-state index in [2.05, 4.69) is 6.92 Å². The van der Waals surface area contributed by atoms with Crippen molar-refractivity contribution in [3.8, 4) is 0 Å². The van der Waals surface area contributed by atoms with Gasteiger partial charge in [-0.3, -0.25) is 9.59 Å². The molecular formula is C18H24ClN3O4S. The number of hydrogen-bond acceptors (Lipinski definition) is 4. The number of carbonyl (C=O) groups excluding carboxylic acids is 2. The van der Waals surface area contributed by atoms with E-state index >= 15 is 0 Å². The number of hydrogen-bond donors (Lipinski definition) is 0. The van der Waals surface area contributed by atoms with E-state index in [4.69, 9.17) is 11.6 Å². The van der Waals surface area contributed by atoms with E-state index in [1.807, 2.05) is 0 Å². The summed E-state index contributed by atoms with van der Waals surface area (Å²) in [5.41, 5.74) is 0.183. The number of nitrogens with zero attached hydrogens (tertiary/aromatic N) is 3. The second-order valence-electron chi connectivity index (χ2n) is 7.16. The Hall–Kier alpha value is -1.64. The molecule has 0 atom stereocenters. The van der Waals surface area contributed by atoms with Crippen LogP contribution in [0.25, 0.3) is 0 Å². The molecule has 0 saturated carbocycles. The Morgan fingerprint density at radius 3 is 2.33 bits per heavy atom. The third-order valence-electron chi connectivity index (χ3n) is 5.30. The van der Waals surface area contributed by atoms with Gasteiger partial charge in [0.2, 0.25) is 16.4 Å². The predicted octanol–water partition coefficient (Wildman–Crippen LogP) is 1.67. The van der Waals surface area contributed by atoms with Crippen LogP contribution in [-0.4, -0.2) is 74.1 Å². The summed E-state index contributed by atoms with van der Waals surface area (Å²) in [6.07, 6.45) is 2.43. The SMILES string of the molecule is CC1CCN(S(=O)(=O)c2ccc(Cl)c(C(=O)N3CCN(C=O)CC3)c2)CC1. The van der Waals surface area contributed by atoms with Crippen LogP contribution in [0.5, 0.6) is 0 Å². The van der Waals surface area contributed by atoms with Gasteiger partial charge in [-0.2, -0.15) is 4.31 Å². The normalized spacial score (nSPS) is 19.9. The first-order valence-electron chi connectivity index (χ1n) is 9.11. The van der Waals surface area contributed by atoms with Crippen molar-refractivity contribution < 1.29 is 18.0 Å². The lowest BCUT2D eigenvalue weighted by Gasteiger charge is -2.33. The summed E-state index contributed by atoms with van der Waals surface area (Å²) in [5, 5.41) is 0.226. The maximum absolute atomic E-state index is 13.0. The molecule has 0 N–H and O–H groups in total. The molecule has 0 bridgehead atoms. The Morgan fingerprint density at radius 2 is 1.74 bits per heavy atom. The number of benzene rings is 1. The van der Waals surface area contributed by atoms with Crippen LogP contribution in [-0.2, 0) is 14.8 Å². The third kappa shape index (κ3) is 4.28. The first kappa shape index (κ1) is 20.1. The van der Waals surface area contributed by atoms with Crippen LogP contribution in [0.2, 0.25) is 5.02 Å². The minimum absolute atomic E-state index is 0.0938. The number of piperidine rings is 1. The molecule has 2 aliphatic heterocycles. The zero-order chi connectivity index (χ0) is 19.6. The van der Waals surface area contributed by atoms with E-state index in [1.54, 1.807) is 9.80 Å². The summed E-state index contributed by atoms with van der Waals surface area (Å²) in [7, 11) is -3.65. The Bertz CT molecular complexity index is 814. The molecule has 1 aromatic carbocycles. The van der Waals surface area contributed by atoms with Crippen molar-refractivity contribution >= 4 is 33.9 Å². The standard InChI is InChI=1S/C18H24ClN3O4S/c1-14-4-6-22(7-5-14)27(25,26)15-2-3-17(19)16(12-15)18(24)21-10-8-20(13-23)9-11-21/h2-3,12-14H,4-11H2,1H3. The number of piperazine rings is 1. The van der Waals surface area contributed by atoms with Gasteiger partial charge in [-0.25, -0.2) is 8.42 Å². The molecule has 2 aliphatic rings. The minimum atomic E-state index is -3.65. The monoisotopic (exact) mass is 413 g/mol. The highest BCUT2D eigenvalue weighted by molar-refractivity contribution is 7.89. The molecule has 0 spiro atoms. The number of halogens is 1. The summed E-state index contributed by atoms with van der Waals surface area (Å²) in [5.74, 6) is 0.207. The van der Waals surface area contributed by atoms with Crippen molar-refractivity contribution in [2.75, 3.05) is 39.3 Å². The number of rotatable bonds is 4. The molecule has 3 rings (SSSR count). The topological polar surface area (TPSA) is 78.0 Å². The van der Waals surface area contributed by atoms with Gasteiger partial charge in [0, 0.05) is 39.3 Å². The van der Waals surface area contributed by atoms with Crippen molar-refractivity contribution in [2.45, 2.75) is 24.7 Å². The molecule has 9 heteroatoms. The third-order valence-corrected chi connectivity index (χ3v) is 7.52. The van der Waals surface area contributed by atoms with E-state index in [0.29, 0.717) is 45.2 Å². The molecule has 7 nitrogen and oxygen atoms in total. The van der Waals surface area contributed by atoms with Crippen LogP contribution in [0.3, 0.4) is 0 Å². The number of amides is 2. The molecular weight excluding hydrogens is 390 g/mol. The molecule has 1 aromatic rings. The second kappa shape index (κ2) is 8.16. The summed E-state index contributed by atoms with van der Waals surface area (Å²) in [6.45, 7) is 4.80. The van der Waals surface area contributed by atoms with E-state index in [-0.39, 0.29) is 21.4 Å². The summed E-state index contributed by atoms with van der Waals surface area (Å²) in [4.78, 5) is 26.9. The average molecular weight is 414 g/mol. The van der Waals surface area contributed by atoms with Gasteiger partial charge in [0.05, 0.1) is 15.5 Å².